The first kappa shape index (κ1) is 28.0. The van der Waals surface area contributed by atoms with Crippen molar-refractivity contribution in [2.75, 3.05) is 25.6 Å². The van der Waals surface area contributed by atoms with Crippen LogP contribution in [0, 0.1) is 13.8 Å². The van der Waals surface area contributed by atoms with Crippen LogP contribution in [0.25, 0.3) is 0 Å². The van der Waals surface area contributed by atoms with Crippen LogP contribution in [0.2, 0.25) is 0 Å². The number of carbonyl (C=O) groups is 1. The third-order valence-electron chi connectivity index (χ3n) is 5.52. The highest BCUT2D eigenvalue weighted by Gasteiger charge is 2.32. The van der Waals surface area contributed by atoms with E-state index in [-0.39, 0.29) is 18.3 Å². The Morgan fingerprint density at radius 2 is 1.59 bits per heavy atom. The van der Waals surface area contributed by atoms with E-state index in [1.807, 2.05) is 32.0 Å². The summed E-state index contributed by atoms with van der Waals surface area (Å²) in [5, 5.41) is 2.93. The van der Waals surface area contributed by atoms with Crippen molar-refractivity contribution in [3.05, 3.63) is 89.0 Å². The quantitative estimate of drug-likeness (QED) is 0.351. The molecule has 0 saturated heterocycles. The standard InChI is InChI=1S/C26H27F3N2O5S/c1-18-6-4-7-19(2)24(18)30-25(32)31(14-15-35-3)17-20-10-12-22(13-11-20)36-37(33,34)23-9-5-8-21(16-23)26(27,28)29/h4-13,16H,14-15,17H2,1-3H3,(H,30,32). The molecule has 7 nitrogen and oxygen atoms in total. The maximum absolute atomic E-state index is 13.0. The maximum atomic E-state index is 13.0. The van der Waals surface area contributed by atoms with E-state index < -0.39 is 26.8 Å². The highest BCUT2D eigenvalue weighted by molar-refractivity contribution is 7.87. The molecule has 0 spiro atoms. The molecule has 11 heteroatoms. The molecule has 37 heavy (non-hydrogen) atoms. The Morgan fingerprint density at radius 1 is 0.973 bits per heavy atom. The number of para-hydroxylation sites is 1. The molecule has 0 bridgehead atoms. The highest BCUT2D eigenvalue weighted by Crippen LogP contribution is 2.31. The van der Waals surface area contributed by atoms with Crippen LogP contribution in [-0.4, -0.2) is 39.6 Å². The number of nitrogens with one attached hydrogen (secondary N) is 1. The lowest BCUT2D eigenvalue weighted by molar-refractivity contribution is -0.137. The van der Waals surface area contributed by atoms with Gasteiger partial charge in [0.2, 0.25) is 0 Å². The minimum Gasteiger partial charge on any atom is -0.383 e. The molecule has 2 amide bonds. The van der Waals surface area contributed by atoms with Gasteiger partial charge in [0.1, 0.15) is 10.6 Å². The van der Waals surface area contributed by atoms with Crippen LogP contribution >= 0.6 is 0 Å². The summed E-state index contributed by atoms with van der Waals surface area (Å²) in [5.41, 5.74) is 2.14. The highest BCUT2D eigenvalue weighted by atomic mass is 32.2. The Morgan fingerprint density at radius 3 is 2.19 bits per heavy atom. The number of hydrogen-bond donors (Lipinski definition) is 1. The largest absolute Gasteiger partial charge is 0.416 e. The molecular weight excluding hydrogens is 509 g/mol. The summed E-state index contributed by atoms with van der Waals surface area (Å²) in [4.78, 5) is 13.9. The van der Waals surface area contributed by atoms with E-state index in [1.54, 1.807) is 17.0 Å². The summed E-state index contributed by atoms with van der Waals surface area (Å²) in [5.74, 6) is -0.0791. The van der Waals surface area contributed by atoms with E-state index in [0.29, 0.717) is 24.8 Å². The van der Waals surface area contributed by atoms with Gasteiger partial charge in [-0.05, 0) is 60.9 Å². The summed E-state index contributed by atoms with van der Waals surface area (Å²) < 4.78 is 74.0. The van der Waals surface area contributed by atoms with Crippen LogP contribution in [0.4, 0.5) is 23.7 Å². The summed E-state index contributed by atoms with van der Waals surface area (Å²) in [6.45, 7) is 4.59. The Hall–Kier alpha value is -3.57. The van der Waals surface area contributed by atoms with E-state index in [1.165, 1.54) is 19.2 Å². The van der Waals surface area contributed by atoms with Crippen LogP contribution < -0.4 is 9.50 Å². The zero-order valence-electron chi connectivity index (χ0n) is 20.5. The van der Waals surface area contributed by atoms with Crippen molar-refractivity contribution >= 4 is 21.8 Å². The predicted molar refractivity (Wildman–Crippen MR) is 133 cm³/mol. The van der Waals surface area contributed by atoms with E-state index in [0.717, 1.165) is 35.0 Å². The Labute approximate surface area is 213 Å². The van der Waals surface area contributed by atoms with Gasteiger partial charge in [0.25, 0.3) is 0 Å². The van der Waals surface area contributed by atoms with Gasteiger partial charge in [-0.1, -0.05) is 36.4 Å². The smallest absolute Gasteiger partial charge is 0.383 e. The van der Waals surface area contributed by atoms with Crippen molar-refractivity contribution in [3.63, 3.8) is 0 Å². The fourth-order valence-electron chi connectivity index (χ4n) is 3.53. The van der Waals surface area contributed by atoms with Crippen molar-refractivity contribution in [3.8, 4) is 5.75 Å². The van der Waals surface area contributed by atoms with Crippen molar-refractivity contribution in [1.29, 1.82) is 0 Å². The van der Waals surface area contributed by atoms with Gasteiger partial charge in [0.05, 0.1) is 12.2 Å². The Bertz CT molecular complexity index is 1320. The SMILES string of the molecule is COCCN(Cc1ccc(OS(=O)(=O)c2cccc(C(F)(F)F)c2)cc1)C(=O)Nc1c(C)cccc1C. The molecule has 0 aliphatic carbocycles. The van der Waals surface area contributed by atoms with Crippen molar-refractivity contribution < 1.29 is 35.3 Å². The lowest BCUT2D eigenvalue weighted by Crippen LogP contribution is -2.37. The summed E-state index contributed by atoms with van der Waals surface area (Å²) >= 11 is 0. The molecule has 0 fully saturated rings. The normalized spacial score (nSPS) is 11.7. The molecule has 0 radical (unpaired) electrons. The molecule has 0 aliphatic rings. The van der Waals surface area contributed by atoms with Gasteiger partial charge >= 0.3 is 22.3 Å². The average Bonchev–Trinajstić information content (AvgIpc) is 2.84. The Balaban J connectivity index is 1.73. The zero-order chi connectivity index (χ0) is 27.2. The number of aryl methyl sites for hydroxylation is 2. The first-order valence-electron chi connectivity index (χ1n) is 11.2. The number of urea groups is 1. The first-order valence-corrected chi connectivity index (χ1v) is 12.6. The number of methoxy groups -OCH3 is 1. The number of halogens is 3. The number of nitrogens with zero attached hydrogens (tertiary/aromatic N) is 1. The fourth-order valence-corrected chi connectivity index (χ4v) is 4.50. The van der Waals surface area contributed by atoms with Crippen molar-refractivity contribution in [1.82, 2.24) is 4.90 Å². The number of benzene rings is 3. The molecule has 0 saturated carbocycles. The number of anilines is 1. The number of amides is 2. The molecule has 1 N–H and O–H groups in total. The molecule has 0 heterocycles. The molecule has 0 atom stereocenters. The predicted octanol–water partition coefficient (Wildman–Crippen LogP) is 5.77. The molecule has 0 unspecified atom stereocenters. The van der Waals surface area contributed by atoms with Crippen molar-refractivity contribution in [2.45, 2.75) is 31.5 Å². The second-order valence-corrected chi connectivity index (χ2v) is 9.86. The van der Waals surface area contributed by atoms with Crippen LogP contribution in [0.5, 0.6) is 5.75 Å². The van der Waals surface area contributed by atoms with E-state index >= 15 is 0 Å². The number of rotatable bonds is 9. The first-order chi connectivity index (χ1) is 17.4. The van der Waals surface area contributed by atoms with Crippen LogP contribution in [-0.2, 0) is 27.6 Å². The monoisotopic (exact) mass is 536 g/mol. The summed E-state index contributed by atoms with van der Waals surface area (Å²) in [6, 6.07) is 14.6. The molecule has 3 aromatic rings. The van der Waals surface area contributed by atoms with Gasteiger partial charge in [-0.15, -0.1) is 0 Å². The molecule has 3 rings (SSSR count). The Kier molecular flexibility index (Phi) is 8.82. The van der Waals surface area contributed by atoms with Gasteiger partial charge in [-0.25, -0.2) is 4.79 Å². The fraction of sp³-hybridized carbons (Fsp3) is 0.269. The second kappa shape index (κ2) is 11.7. The van der Waals surface area contributed by atoms with Crippen LogP contribution in [0.3, 0.4) is 0 Å². The zero-order valence-corrected chi connectivity index (χ0v) is 21.3. The third-order valence-corrected chi connectivity index (χ3v) is 6.76. The number of alkyl halides is 3. The van der Waals surface area contributed by atoms with Crippen LogP contribution in [0.1, 0.15) is 22.3 Å². The summed E-state index contributed by atoms with van der Waals surface area (Å²) in [7, 11) is -2.96. The average molecular weight is 537 g/mol. The van der Waals surface area contributed by atoms with Gasteiger partial charge in [0.15, 0.2) is 0 Å². The minimum absolute atomic E-state index is 0.0791. The number of ether oxygens (including phenoxy) is 1. The van der Waals surface area contributed by atoms with Gasteiger partial charge in [0, 0.05) is 25.9 Å². The minimum atomic E-state index is -4.69. The second-order valence-electron chi connectivity index (χ2n) is 8.32. The maximum Gasteiger partial charge on any atom is 0.416 e. The molecular formula is C26H27F3N2O5S. The molecule has 0 aromatic heterocycles. The number of carbonyl (C=O) groups excluding carboxylic acids is 1. The van der Waals surface area contributed by atoms with Crippen LogP contribution in [0.15, 0.2) is 71.6 Å². The molecule has 0 aliphatic heterocycles. The topological polar surface area (TPSA) is 84.9 Å². The summed E-state index contributed by atoms with van der Waals surface area (Å²) in [6.07, 6.45) is -4.69. The van der Waals surface area contributed by atoms with Gasteiger partial charge < -0.3 is 19.1 Å². The lowest BCUT2D eigenvalue weighted by Gasteiger charge is -2.24. The van der Waals surface area contributed by atoms with Gasteiger partial charge in [-0.2, -0.15) is 21.6 Å². The number of hydrogen-bond acceptors (Lipinski definition) is 5. The molecule has 3 aromatic carbocycles. The van der Waals surface area contributed by atoms with E-state index in [4.69, 9.17) is 8.92 Å². The molecule has 198 valence electrons. The third kappa shape index (κ3) is 7.46. The lowest BCUT2D eigenvalue weighted by atomic mass is 10.1. The van der Waals surface area contributed by atoms with E-state index in [2.05, 4.69) is 5.32 Å². The van der Waals surface area contributed by atoms with Crippen molar-refractivity contribution in [2.24, 2.45) is 0 Å². The van der Waals surface area contributed by atoms with Gasteiger partial charge in [-0.3, -0.25) is 0 Å². The van der Waals surface area contributed by atoms with E-state index in [9.17, 15) is 26.4 Å².